The molecule has 0 spiro atoms. The average molecular weight is 337 g/mol. The fraction of sp³-hybridized carbons (Fsp3) is 0.200. The monoisotopic (exact) mass is 337 g/mol. The zero-order chi connectivity index (χ0) is 18.0. The highest BCUT2D eigenvalue weighted by atomic mass is 16.3. The predicted octanol–water partition coefficient (Wildman–Crippen LogP) is 1.74. The number of aliphatic hydroxyl groups is 1. The molecule has 5 nitrogen and oxygen atoms in total. The van der Waals surface area contributed by atoms with Crippen molar-refractivity contribution in [3.8, 4) is 0 Å². The van der Waals surface area contributed by atoms with Crippen LogP contribution in [0.5, 0.6) is 0 Å². The Balaban J connectivity index is 2.18. The number of hydrogen-bond donors (Lipinski definition) is 2. The van der Waals surface area contributed by atoms with Crippen LogP contribution < -0.4 is 5.73 Å². The minimum absolute atomic E-state index is 0.0406. The molecule has 1 fully saturated rings. The Morgan fingerprint density at radius 3 is 2.20 bits per heavy atom. The van der Waals surface area contributed by atoms with E-state index in [2.05, 4.69) is 5.73 Å². The number of Topliss-reactive ketones (excluding diaryl/α,β-unsaturated/α-hetero) is 1. The lowest BCUT2D eigenvalue weighted by atomic mass is 9.95. The maximum atomic E-state index is 12.7. The second kappa shape index (κ2) is 6.91. The van der Waals surface area contributed by atoms with Crippen molar-refractivity contribution in [3.63, 3.8) is 0 Å². The molecule has 1 saturated heterocycles. The molecule has 0 unspecified atom stereocenters. The van der Waals surface area contributed by atoms with Gasteiger partial charge in [0.15, 0.2) is 0 Å². The van der Waals surface area contributed by atoms with Crippen LogP contribution in [0.4, 0.5) is 0 Å². The fourth-order valence-corrected chi connectivity index (χ4v) is 3.14. The Morgan fingerprint density at radius 2 is 1.64 bits per heavy atom. The summed E-state index contributed by atoms with van der Waals surface area (Å²) in [6.07, 6.45) is 0. The highest BCUT2D eigenvalue weighted by Gasteiger charge is 2.46. The summed E-state index contributed by atoms with van der Waals surface area (Å²) < 4.78 is 0. The first-order valence-electron chi connectivity index (χ1n) is 8.22. The summed E-state index contributed by atoms with van der Waals surface area (Å²) in [7, 11) is 0. The van der Waals surface area contributed by atoms with Crippen LogP contribution in [0.3, 0.4) is 0 Å². The van der Waals surface area contributed by atoms with Gasteiger partial charge in [0.25, 0.3) is 11.7 Å². The molecular formula is C20H21N2O3+. The molecule has 1 aliphatic rings. The lowest BCUT2D eigenvalue weighted by molar-refractivity contribution is -0.414. The van der Waals surface area contributed by atoms with E-state index < -0.39 is 17.7 Å². The zero-order valence-corrected chi connectivity index (χ0v) is 14.1. The Hall–Kier alpha value is -2.92. The normalized spacial score (nSPS) is 20.7. The number of carbonyl (C=O) groups excluding carboxylic acids is 2. The van der Waals surface area contributed by atoms with Gasteiger partial charge < -0.3 is 15.7 Å². The molecule has 4 N–H and O–H groups in total. The first-order valence-corrected chi connectivity index (χ1v) is 8.22. The van der Waals surface area contributed by atoms with Gasteiger partial charge in [0, 0.05) is 5.56 Å². The van der Waals surface area contributed by atoms with Crippen molar-refractivity contribution < 1.29 is 20.4 Å². The number of ketones is 1. The van der Waals surface area contributed by atoms with Gasteiger partial charge in [-0.25, -0.2) is 0 Å². The van der Waals surface area contributed by atoms with Crippen LogP contribution in [0, 0.1) is 0 Å². The van der Waals surface area contributed by atoms with Gasteiger partial charge in [-0.15, -0.1) is 0 Å². The molecular weight excluding hydrogens is 316 g/mol. The molecule has 1 aliphatic heterocycles. The predicted molar refractivity (Wildman–Crippen MR) is 94.2 cm³/mol. The number of quaternary nitrogens is 1. The lowest BCUT2D eigenvalue weighted by Crippen LogP contribution is -2.63. The quantitative estimate of drug-likeness (QED) is 0.506. The number of benzene rings is 2. The SMILES string of the molecule is C[C@@H]([NH3+])CN1C(=O)C(=O)C(=C(O)c2ccccc2)[C@H]1c1ccccc1. The third kappa shape index (κ3) is 3.19. The number of carbonyl (C=O) groups is 2. The first-order chi connectivity index (χ1) is 12.0. The highest BCUT2D eigenvalue weighted by molar-refractivity contribution is 6.46. The number of aliphatic hydroxyl groups excluding tert-OH is 1. The van der Waals surface area contributed by atoms with Crippen LogP contribution in [0.2, 0.25) is 0 Å². The Labute approximate surface area is 146 Å². The zero-order valence-electron chi connectivity index (χ0n) is 14.1. The maximum Gasteiger partial charge on any atom is 0.295 e. The lowest BCUT2D eigenvalue weighted by Gasteiger charge is -2.25. The van der Waals surface area contributed by atoms with Gasteiger partial charge in [0.1, 0.15) is 5.76 Å². The van der Waals surface area contributed by atoms with E-state index in [0.29, 0.717) is 12.1 Å². The number of nitrogens with zero attached hydrogens (tertiary/aromatic N) is 1. The van der Waals surface area contributed by atoms with E-state index in [1.165, 1.54) is 4.90 Å². The van der Waals surface area contributed by atoms with Crippen molar-refractivity contribution in [2.45, 2.75) is 19.0 Å². The van der Waals surface area contributed by atoms with Gasteiger partial charge in [-0.2, -0.15) is 0 Å². The second-order valence-electron chi connectivity index (χ2n) is 6.33. The molecule has 1 amide bonds. The number of hydrogen-bond acceptors (Lipinski definition) is 3. The number of rotatable bonds is 4. The molecule has 2 atom stereocenters. The molecule has 0 radical (unpaired) electrons. The molecule has 1 heterocycles. The largest absolute Gasteiger partial charge is 0.507 e. The smallest absolute Gasteiger partial charge is 0.295 e. The van der Waals surface area contributed by atoms with E-state index in [0.717, 1.165) is 5.56 Å². The molecule has 25 heavy (non-hydrogen) atoms. The van der Waals surface area contributed by atoms with Crippen LogP contribution in [-0.2, 0) is 9.59 Å². The third-order valence-electron chi connectivity index (χ3n) is 4.21. The van der Waals surface area contributed by atoms with Crippen molar-refractivity contribution in [3.05, 3.63) is 77.4 Å². The number of likely N-dealkylation sites (tertiary alicyclic amines) is 1. The van der Waals surface area contributed by atoms with E-state index in [1.54, 1.807) is 24.3 Å². The summed E-state index contributed by atoms with van der Waals surface area (Å²) in [4.78, 5) is 26.7. The van der Waals surface area contributed by atoms with Crippen molar-refractivity contribution in [1.29, 1.82) is 0 Å². The van der Waals surface area contributed by atoms with Crippen molar-refractivity contribution in [2.75, 3.05) is 6.54 Å². The van der Waals surface area contributed by atoms with Gasteiger partial charge in [-0.05, 0) is 12.5 Å². The standard InChI is InChI=1S/C20H20N2O3/c1-13(21)12-22-17(14-8-4-2-5-9-14)16(19(24)20(22)25)18(23)15-10-6-3-7-11-15/h2-11,13,17,23H,12,21H2,1H3/p+1/t13-,17-/m1/s1. The van der Waals surface area contributed by atoms with Gasteiger partial charge >= 0.3 is 0 Å². The third-order valence-corrected chi connectivity index (χ3v) is 4.21. The Bertz CT molecular complexity index is 813. The maximum absolute atomic E-state index is 12.7. The van der Waals surface area contributed by atoms with E-state index >= 15 is 0 Å². The molecule has 2 aromatic rings. The molecule has 3 rings (SSSR count). The molecule has 128 valence electrons. The van der Waals surface area contributed by atoms with Crippen molar-refractivity contribution in [1.82, 2.24) is 4.90 Å². The van der Waals surface area contributed by atoms with E-state index in [1.807, 2.05) is 43.3 Å². The number of amides is 1. The topological polar surface area (TPSA) is 85.3 Å². The minimum atomic E-state index is -0.657. The molecule has 0 aromatic heterocycles. The minimum Gasteiger partial charge on any atom is -0.507 e. The summed E-state index contributed by atoms with van der Waals surface area (Å²) in [6, 6.07) is 17.5. The van der Waals surface area contributed by atoms with E-state index in [4.69, 9.17) is 0 Å². The van der Waals surface area contributed by atoms with Gasteiger partial charge in [0.2, 0.25) is 0 Å². The summed E-state index contributed by atoms with van der Waals surface area (Å²) in [6.45, 7) is 2.23. The Kier molecular flexibility index (Phi) is 4.67. The van der Waals surface area contributed by atoms with Gasteiger partial charge in [-0.3, -0.25) is 9.59 Å². The van der Waals surface area contributed by atoms with Crippen molar-refractivity contribution >= 4 is 17.4 Å². The van der Waals surface area contributed by atoms with Gasteiger partial charge in [-0.1, -0.05) is 60.7 Å². The molecule has 0 aliphatic carbocycles. The summed E-state index contributed by atoms with van der Waals surface area (Å²) >= 11 is 0. The van der Waals surface area contributed by atoms with Crippen LogP contribution in [-0.4, -0.2) is 34.3 Å². The van der Waals surface area contributed by atoms with Crippen LogP contribution in [0.25, 0.3) is 5.76 Å². The van der Waals surface area contributed by atoms with E-state index in [9.17, 15) is 14.7 Å². The van der Waals surface area contributed by atoms with Crippen LogP contribution in [0.1, 0.15) is 24.1 Å². The summed E-state index contributed by atoms with van der Waals surface area (Å²) in [5, 5.41) is 10.8. The first kappa shape index (κ1) is 16.9. The highest BCUT2D eigenvalue weighted by Crippen LogP contribution is 2.39. The summed E-state index contributed by atoms with van der Waals surface area (Å²) in [5.74, 6) is -1.40. The fourth-order valence-electron chi connectivity index (χ4n) is 3.14. The molecule has 2 aromatic carbocycles. The molecule has 5 heteroatoms. The van der Waals surface area contributed by atoms with Gasteiger partial charge in [0.05, 0.1) is 24.2 Å². The van der Waals surface area contributed by atoms with Crippen LogP contribution in [0.15, 0.2) is 66.2 Å². The Morgan fingerprint density at radius 1 is 1.08 bits per heavy atom. The molecule has 0 bridgehead atoms. The van der Waals surface area contributed by atoms with Crippen LogP contribution >= 0.6 is 0 Å². The van der Waals surface area contributed by atoms with Crippen molar-refractivity contribution in [2.24, 2.45) is 0 Å². The average Bonchev–Trinajstić information content (AvgIpc) is 2.87. The summed E-state index contributed by atoms with van der Waals surface area (Å²) in [5.41, 5.74) is 5.37. The van der Waals surface area contributed by atoms with E-state index in [-0.39, 0.29) is 17.4 Å². The molecule has 0 saturated carbocycles. The second-order valence-corrected chi connectivity index (χ2v) is 6.33.